The second kappa shape index (κ2) is 4.94. The van der Waals surface area contributed by atoms with Crippen LogP contribution in [0.4, 0.5) is 8.78 Å². The van der Waals surface area contributed by atoms with Crippen molar-refractivity contribution in [1.29, 1.82) is 0 Å². The summed E-state index contributed by atoms with van der Waals surface area (Å²) in [5, 5.41) is 0. The van der Waals surface area contributed by atoms with Crippen molar-refractivity contribution in [2.24, 2.45) is 0 Å². The fourth-order valence-corrected chi connectivity index (χ4v) is 2.54. The Kier molecular flexibility index (Phi) is 2.95. The molecule has 0 spiro atoms. The molecule has 2 aliphatic rings. The molecule has 2 aliphatic heterocycles. The molecule has 7 nitrogen and oxygen atoms in total. The number of carbonyl (C=O) groups is 4. The second-order valence-electron chi connectivity index (χ2n) is 5.05. The number of ether oxygens (including phenoxy) is 3. The lowest BCUT2D eigenvalue weighted by molar-refractivity contribution is 0.0426. The zero-order valence-corrected chi connectivity index (χ0v) is 11.9. The number of fused-ring (bicyclic) bond motifs is 2. The van der Waals surface area contributed by atoms with E-state index in [-0.39, 0.29) is 11.1 Å². The first-order chi connectivity index (χ1) is 11.9. The van der Waals surface area contributed by atoms with Crippen LogP contribution in [0.3, 0.4) is 0 Å². The molecule has 0 aliphatic carbocycles. The average Bonchev–Trinajstić information content (AvgIpc) is 3.01. The summed E-state index contributed by atoms with van der Waals surface area (Å²) >= 11 is 0. The van der Waals surface area contributed by atoms with E-state index < -0.39 is 58.1 Å². The average molecular weight is 346 g/mol. The van der Waals surface area contributed by atoms with Crippen LogP contribution >= 0.6 is 0 Å². The molecule has 124 valence electrons. The quantitative estimate of drug-likeness (QED) is 0.608. The van der Waals surface area contributed by atoms with Crippen LogP contribution in [0.2, 0.25) is 0 Å². The fourth-order valence-electron chi connectivity index (χ4n) is 2.54. The molecule has 0 amide bonds. The van der Waals surface area contributed by atoms with Gasteiger partial charge in [-0.1, -0.05) is 0 Å². The van der Waals surface area contributed by atoms with Crippen molar-refractivity contribution >= 4 is 23.9 Å². The van der Waals surface area contributed by atoms with Crippen LogP contribution in [0.5, 0.6) is 11.5 Å². The molecule has 9 heteroatoms. The molecule has 0 saturated heterocycles. The van der Waals surface area contributed by atoms with E-state index in [4.69, 9.17) is 4.74 Å². The molecule has 2 aromatic rings. The van der Waals surface area contributed by atoms with Gasteiger partial charge in [-0.15, -0.1) is 0 Å². The number of halogens is 2. The van der Waals surface area contributed by atoms with Crippen molar-refractivity contribution in [3.63, 3.8) is 0 Å². The van der Waals surface area contributed by atoms with Crippen LogP contribution in [0, 0.1) is 11.6 Å². The lowest BCUT2D eigenvalue weighted by atomic mass is 10.1. The summed E-state index contributed by atoms with van der Waals surface area (Å²) < 4.78 is 42.1. The molecule has 0 unspecified atom stereocenters. The molecular formula is C16H4F2O7. The topological polar surface area (TPSA) is 96.0 Å². The van der Waals surface area contributed by atoms with E-state index in [0.717, 1.165) is 24.3 Å². The maximum absolute atomic E-state index is 14.1. The minimum Gasteiger partial charge on any atom is -0.449 e. The van der Waals surface area contributed by atoms with Gasteiger partial charge in [-0.3, -0.25) is 0 Å². The molecule has 0 saturated carbocycles. The van der Waals surface area contributed by atoms with E-state index in [9.17, 15) is 28.0 Å². The molecule has 0 bridgehead atoms. The lowest BCUT2D eigenvalue weighted by Crippen LogP contribution is -2.05. The first-order valence-electron chi connectivity index (χ1n) is 6.74. The Labute approximate surface area is 136 Å². The smallest absolute Gasteiger partial charge is 0.350 e. The Hall–Kier alpha value is -3.62. The van der Waals surface area contributed by atoms with Crippen molar-refractivity contribution in [2.45, 2.75) is 0 Å². The third-order valence-corrected chi connectivity index (χ3v) is 3.64. The molecule has 0 fully saturated rings. The Morgan fingerprint density at radius 2 is 1.04 bits per heavy atom. The Morgan fingerprint density at radius 3 is 1.44 bits per heavy atom. The summed E-state index contributed by atoms with van der Waals surface area (Å²) in [6.45, 7) is 0. The van der Waals surface area contributed by atoms with Gasteiger partial charge in [0.05, 0.1) is 11.1 Å². The summed E-state index contributed by atoms with van der Waals surface area (Å²) in [7, 11) is 0. The van der Waals surface area contributed by atoms with E-state index in [1.807, 2.05) is 0 Å². The molecule has 0 radical (unpaired) electrons. The Bertz CT molecular complexity index is 944. The van der Waals surface area contributed by atoms with Crippen LogP contribution in [0.25, 0.3) is 0 Å². The van der Waals surface area contributed by atoms with Crippen LogP contribution in [-0.4, -0.2) is 23.9 Å². The first-order valence-corrected chi connectivity index (χ1v) is 6.74. The van der Waals surface area contributed by atoms with Gasteiger partial charge in [-0.2, -0.15) is 0 Å². The van der Waals surface area contributed by atoms with Crippen LogP contribution in [0.15, 0.2) is 24.3 Å². The van der Waals surface area contributed by atoms with Gasteiger partial charge < -0.3 is 14.2 Å². The third-order valence-electron chi connectivity index (χ3n) is 3.64. The van der Waals surface area contributed by atoms with E-state index in [0.29, 0.717) is 0 Å². The van der Waals surface area contributed by atoms with E-state index in [1.165, 1.54) is 0 Å². The lowest BCUT2D eigenvalue weighted by Gasteiger charge is -2.11. The number of esters is 4. The summed E-state index contributed by atoms with van der Waals surface area (Å²) in [5.41, 5.74) is -1.62. The number of hydrogen-bond acceptors (Lipinski definition) is 7. The van der Waals surface area contributed by atoms with Crippen molar-refractivity contribution in [3.05, 3.63) is 58.2 Å². The van der Waals surface area contributed by atoms with E-state index in [2.05, 4.69) is 9.47 Å². The van der Waals surface area contributed by atoms with Crippen LogP contribution in [0.1, 0.15) is 41.4 Å². The number of benzene rings is 2. The SMILES string of the molecule is O=C1OC(=O)c2c1ccc(F)c2Oc1c(F)ccc2c1C(=O)OC2=O. The highest BCUT2D eigenvalue weighted by atomic mass is 19.1. The minimum atomic E-state index is -1.18. The Balaban J connectivity index is 1.92. The second-order valence-corrected chi connectivity index (χ2v) is 5.05. The van der Waals surface area contributed by atoms with Crippen LogP contribution in [-0.2, 0) is 9.47 Å². The van der Waals surface area contributed by atoms with Gasteiger partial charge >= 0.3 is 23.9 Å². The first kappa shape index (κ1) is 14.9. The summed E-state index contributed by atoms with van der Waals surface area (Å²) in [6.07, 6.45) is 0. The normalized spacial score (nSPS) is 15.0. The minimum absolute atomic E-state index is 0.270. The summed E-state index contributed by atoms with van der Waals surface area (Å²) in [4.78, 5) is 46.5. The molecule has 25 heavy (non-hydrogen) atoms. The highest BCUT2D eigenvalue weighted by molar-refractivity contribution is 6.17. The Morgan fingerprint density at radius 1 is 0.640 bits per heavy atom. The van der Waals surface area contributed by atoms with Gasteiger partial charge in [-0.25, -0.2) is 28.0 Å². The summed E-state index contributed by atoms with van der Waals surface area (Å²) in [5.74, 6) is -8.18. The van der Waals surface area contributed by atoms with Crippen LogP contribution < -0.4 is 4.74 Å². The molecule has 2 aromatic carbocycles. The van der Waals surface area contributed by atoms with Gasteiger partial charge in [0.15, 0.2) is 23.1 Å². The zero-order chi connectivity index (χ0) is 17.9. The van der Waals surface area contributed by atoms with Gasteiger partial charge in [0.1, 0.15) is 11.1 Å². The predicted octanol–water partition coefficient (Wildman–Crippen LogP) is 2.38. The predicted molar refractivity (Wildman–Crippen MR) is 72.4 cm³/mol. The third kappa shape index (κ3) is 2.02. The highest BCUT2D eigenvalue weighted by Gasteiger charge is 2.39. The van der Waals surface area contributed by atoms with Crippen molar-refractivity contribution in [3.8, 4) is 11.5 Å². The number of cyclic esters (lactones) is 4. The standard InChI is InChI=1S/C16H4F2O7/c17-7-3-1-5-9(15(21)24-13(5)19)11(7)23-12-8(18)4-2-6-10(12)16(22)25-14(6)20/h1-4H. The molecule has 0 atom stereocenters. The largest absolute Gasteiger partial charge is 0.449 e. The van der Waals surface area contributed by atoms with E-state index >= 15 is 0 Å². The van der Waals surface area contributed by atoms with Gasteiger partial charge in [0.2, 0.25) is 0 Å². The molecule has 0 aromatic heterocycles. The molecule has 0 N–H and O–H groups in total. The van der Waals surface area contributed by atoms with Gasteiger partial charge in [0, 0.05) is 0 Å². The van der Waals surface area contributed by atoms with Crippen molar-refractivity contribution in [2.75, 3.05) is 0 Å². The zero-order valence-electron chi connectivity index (χ0n) is 11.9. The van der Waals surface area contributed by atoms with Gasteiger partial charge in [0.25, 0.3) is 0 Å². The molecular weight excluding hydrogens is 342 g/mol. The highest BCUT2D eigenvalue weighted by Crippen LogP contribution is 2.39. The van der Waals surface area contributed by atoms with E-state index in [1.54, 1.807) is 0 Å². The maximum Gasteiger partial charge on any atom is 0.350 e. The van der Waals surface area contributed by atoms with Gasteiger partial charge in [-0.05, 0) is 24.3 Å². The van der Waals surface area contributed by atoms with Crippen molar-refractivity contribution in [1.82, 2.24) is 0 Å². The fraction of sp³-hybridized carbons (Fsp3) is 0. The number of rotatable bonds is 2. The number of hydrogen-bond donors (Lipinski definition) is 0. The van der Waals surface area contributed by atoms with Crippen molar-refractivity contribution < 1.29 is 42.2 Å². The maximum atomic E-state index is 14.1. The summed E-state index contributed by atoms with van der Waals surface area (Å²) in [6, 6.07) is 3.65. The molecule has 2 heterocycles. The monoisotopic (exact) mass is 346 g/mol. The number of carbonyl (C=O) groups excluding carboxylic acids is 4. The molecule has 4 rings (SSSR count).